The fraction of sp³-hybridized carbons (Fsp3) is 0.778. The zero-order valence-electron chi connectivity index (χ0n) is 8.58. The van der Waals surface area contributed by atoms with Crippen LogP contribution in [0.3, 0.4) is 0 Å². The monoisotopic (exact) mass is 215 g/mol. The van der Waals surface area contributed by atoms with Crippen LogP contribution in [0.2, 0.25) is 0 Å². The third-order valence-electron chi connectivity index (χ3n) is 2.53. The Morgan fingerprint density at radius 2 is 1.93 bits per heavy atom. The van der Waals surface area contributed by atoms with E-state index < -0.39 is 5.60 Å². The molecule has 0 bridgehead atoms. The Morgan fingerprint density at radius 3 is 2.40 bits per heavy atom. The first kappa shape index (κ1) is 11.9. The van der Waals surface area contributed by atoms with Crippen LogP contribution in [-0.2, 0) is 9.59 Å². The lowest BCUT2D eigenvalue weighted by molar-refractivity contribution is -0.126. The van der Waals surface area contributed by atoms with Crippen molar-refractivity contribution in [3.8, 4) is 0 Å². The molecule has 6 heteroatoms. The van der Waals surface area contributed by atoms with E-state index in [2.05, 4.69) is 10.6 Å². The maximum absolute atomic E-state index is 11.2. The van der Waals surface area contributed by atoms with E-state index in [1.54, 1.807) is 0 Å². The highest BCUT2D eigenvalue weighted by Crippen LogP contribution is 2.30. The Kier molecular flexibility index (Phi) is 4.05. The molecule has 0 aromatic carbocycles. The van der Waals surface area contributed by atoms with Gasteiger partial charge in [0.05, 0.1) is 18.7 Å². The molecular formula is C9H17N3O3. The Morgan fingerprint density at radius 1 is 1.27 bits per heavy atom. The van der Waals surface area contributed by atoms with Crippen LogP contribution in [0.4, 0.5) is 0 Å². The highest BCUT2D eigenvalue weighted by atomic mass is 16.3. The Labute approximate surface area is 88.2 Å². The lowest BCUT2D eigenvalue weighted by atomic mass is 9.80. The summed E-state index contributed by atoms with van der Waals surface area (Å²) >= 11 is 0. The van der Waals surface area contributed by atoms with Gasteiger partial charge in [-0.05, 0) is 19.3 Å². The molecule has 1 saturated carbocycles. The van der Waals surface area contributed by atoms with Crippen molar-refractivity contribution in [2.24, 2.45) is 5.73 Å². The Balaban J connectivity index is 2.10. The molecule has 1 aliphatic carbocycles. The maximum Gasteiger partial charge on any atom is 0.239 e. The van der Waals surface area contributed by atoms with Gasteiger partial charge in [0.1, 0.15) is 0 Å². The number of amides is 2. The molecule has 0 heterocycles. The molecule has 0 spiro atoms. The average molecular weight is 215 g/mol. The largest absolute Gasteiger partial charge is 0.388 e. The second-order valence-corrected chi connectivity index (χ2v) is 3.84. The van der Waals surface area contributed by atoms with Crippen molar-refractivity contribution in [1.29, 1.82) is 0 Å². The zero-order chi connectivity index (χ0) is 11.3. The van der Waals surface area contributed by atoms with Crippen LogP contribution in [-0.4, -0.2) is 42.2 Å². The Hall–Kier alpha value is -1.14. The predicted molar refractivity (Wildman–Crippen MR) is 53.9 cm³/mol. The third kappa shape index (κ3) is 3.85. The molecule has 0 unspecified atom stereocenters. The van der Waals surface area contributed by atoms with Crippen molar-refractivity contribution in [3.63, 3.8) is 0 Å². The van der Waals surface area contributed by atoms with Crippen molar-refractivity contribution in [1.82, 2.24) is 10.6 Å². The number of carbonyl (C=O) groups is 2. The molecule has 1 fully saturated rings. The predicted octanol–water partition coefficient (Wildman–Crippen LogP) is -1.91. The summed E-state index contributed by atoms with van der Waals surface area (Å²) in [6, 6.07) is 0. The Bertz CT molecular complexity index is 251. The van der Waals surface area contributed by atoms with E-state index in [9.17, 15) is 14.7 Å². The first-order chi connectivity index (χ1) is 7.06. The molecule has 0 aromatic rings. The van der Waals surface area contributed by atoms with Crippen LogP contribution in [0, 0.1) is 0 Å². The number of nitrogens with two attached hydrogens (primary N) is 1. The van der Waals surface area contributed by atoms with Crippen LogP contribution in [0.25, 0.3) is 0 Å². The summed E-state index contributed by atoms with van der Waals surface area (Å²) in [4.78, 5) is 21.9. The molecule has 0 aromatic heterocycles. The number of hydrogen-bond acceptors (Lipinski definition) is 4. The van der Waals surface area contributed by atoms with Gasteiger partial charge in [0, 0.05) is 6.54 Å². The zero-order valence-corrected chi connectivity index (χ0v) is 8.58. The highest BCUT2D eigenvalue weighted by molar-refractivity contribution is 5.85. The minimum absolute atomic E-state index is 0.0912. The van der Waals surface area contributed by atoms with Gasteiger partial charge in [-0.1, -0.05) is 0 Å². The van der Waals surface area contributed by atoms with Crippen LogP contribution >= 0.6 is 0 Å². The highest BCUT2D eigenvalue weighted by Gasteiger charge is 2.34. The molecule has 0 atom stereocenters. The lowest BCUT2D eigenvalue weighted by Gasteiger charge is -2.36. The molecule has 0 saturated heterocycles. The van der Waals surface area contributed by atoms with E-state index in [0.29, 0.717) is 0 Å². The van der Waals surface area contributed by atoms with Crippen LogP contribution in [0.1, 0.15) is 19.3 Å². The van der Waals surface area contributed by atoms with Gasteiger partial charge in [-0.25, -0.2) is 0 Å². The first-order valence-corrected chi connectivity index (χ1v) is 5.01. The van der Waals surface area contributed by atoms with Gasteiger partial charge in [0.25, 0.3) is 0 Å². The summed E-state index contributed by atoms with van der Waals surface area (Å²) in [6.45, 7) is 0.0354. The van der Waals surface area contributed by atoms with Crippen LogP contribution < -0.4 is 16.4 Å². The van der Waals surface area contributed by atoms with Gasteiger partial charge in [-0.2, -0.15) is 0 Å². The number of rotatable bonds is 5. The van der Waals surface area contributed by atoms with Crippen LogP contribution in [0.15, 0.2) is 0 Å². The molecule has 2 amide bonds. The van der Waals surface area contributed by atoms with Gasteiger partial charge in [0.15, 0.2) is 0 Å². The third-order valence-corrected chi connectivity index (χ3v) is 2.53. The van der Waals surface area contributed by atoms with Gasteiger partial charge in [0.2, 0.25) is 11.8 Å². The number of nitrogens with one attached hydrogen (secondary N) is 2. The summed E-state index contributed by atoms with van der Waals surface area (Å²) in [5.74, 6) is -0.676. The molecule has 1 rings (SSSR count). The van der Waals surface area contributed by atoms with E-state index in [1.807, 2.05) is 0 Å². The van der Waals surface area contributed by atoms with Crippen LogP contribution in [0.5, 0.6) is 0 Å². The quantitative estimate of drug-likeness (QED) is 0.429. The summed E-state index contributed by atoms with van der Waals surface area (Å²) in [5, 5.41) is 14.6. The molecular weight excluding hydrogens is 198 g/mol. The maximum atomic E-state index is 11.2. The van der Waals surface area contributed by atoms with Crippen molar-refractivity contribution >= 4 is 11.8 Å². The summed E-state index contributed by atoms with van der Waals surface area (Å²) in [5.41, 5.74) is 4.32. The second kappa shape index (κ2) is 5.09. The molecule has 0 aliphatic heterocycles. The van der Waals surface area contributed by atoms with Crippen molar-refractivity contribution in [2.45, 2.75) is 24.9 Å². The number of carbonyl (C=O) groups excluding carboxylic acids is 2. The molecule has 15 heavy (non-hydrogen) atoms. The van der Waals surface area contributed by atoms with Crippen molar-refractivity contribution in [2.75, 3.05) is 19.6 Å². The minimum atomic E-state index is -0.729. The van der Waals surface area contributed by atoms with Gasteiger partial charge in [-0.15, -0.1) is 0 Å². The van der Waals surface area contributed by atoms with Gasteiger partial charge < -0.3 is 21.5 Å². The smallest absolute Gasteiger partial charge is 0.239 e. The molecule has 5 N–H and O–H groups in total. The standard InChI is InChI=1S/C9H17N3O3/c10-4-7(13)11-5-8(14)12-6-9(15)2-1-3-9/h15H,1-6,10H2,(H,11,13)(H,12,14). The van der Waals surface area contributed by atoms with E-state index in [-0.39, 0.29) is 31.4 Å². The molecule has 86 valence electrons. The minimum Gasteiger partial charge on any atom is -0.388 e. The lowest BCUT2D eigenvalue weighted by Crippen LogP contribution is -2.49. The molecule has 1 aliphatic rings. The second-order valence-electron chi connectivity index (χ2n) is 3.84. The van der Waals surface area contributed by atoms with Gasteiger partial charge in [-0.3, -0.25) is 9.59 Å². The fourth-order valence-corrected chi connectivity index (χ4v) is 1.34. The summed E-state index contributed by atoms with van der Waals surface area (Å²) in [7, 11) is 0. The van der Waals surface area contributed by atoms with E-state index >= 15 is 0 Å². The fourth-order valence-electron chi connectivity index (χ4n) is 1.34. The van der Waals surface area contributed by atoms with E-state index in [4.69, 9.17) is 5.73 Å². The molecule has 6 nitrogen and oxygen atoms in total. The normalized spacial score (nSPS) is 17.7. The average Bonchev–Trinajstić information content (AvgIpc) is 2.20. The number of hydrogen-bond donors (Lipinski definition) is 4. The number of aliphatic hydroxyl groups is 1. The molecule has 0 radical (unpaired) electrons. The first-order valence-electron chi connectivity index (χ1n) is 5.01. The van der Waals surface area contributed by atoms with Crippen molar-refractivity contribution in [3.05, 3.63) is 0 Å². The topological polar surface area (TPSA) is 104 Å². The summed E-state index contributed by atoms with van der Waals surface area (Å²) < 4.78 is 0. The van der Waals surface area contributed by atoms with Gasteiger partial charge >= 0.3 is 0 Å². The van der Waals surface area contributed by atoms with Crippen molar-refractivity contribution < 1.29 is 14.7 Å². The van der Waals surface area contributed by atoms with E-state index in [1.165, 1.54) is 0 Å². The SMILES string of the molecule is NCC(=O)NCC(=O)NCC1(O)CCC1. The van der Waals surface area contributed by atoms with E-state index in [0.717, 1.165) is 19.3 Å². The summed E-state index contributed by atoms with van der Waals surface area (Å²) in [6.07, 6.45) is 2.45.